The van der Waals surface area contributed by atoms with E-state index in [4.69, 9.17) is 11.6 Å². The number of carbonyl (C=O) groups is 2. The molecule has 0 aliphatic carbocycles. The molecule has 0 saturated carbocycles. The van der Waals surface area contributed by atoms with Gasteiger partial charge in [-0.1, -0.05) is 17.7 Å². The Kier molecular flexibility index (Phi) is 4.69. The lowest BCUT2D eigenvalue weighted by atomic mass is 9.92. The number of benzene rings is 2. The van der Waals surface area contributed by atoms with Crippen molar-refractivity contribution in [1.29, 1.82) is 0 Å². The number of H-pyrrole nitrogens is 1. The Balaban J connectivity index is 1.49. The van der Waals surface area contributed by atoms with Crippen molar-refractivity contribution in [3.63, 3.8) is 0 Å². The van der Waals surface area contributed by atoms with E-state index < -0.39 is 23.1 Å². The van der Waals surface area contributed by atoms with Gasteiger partial charge in [0.1, 0.15) is 5.82 Å². The number of nitrogens with one attached hydrogen (secondary N) is 1. The van der Waals surface area contributed by atoms with Crippen LogP contribution in [-0.4, -0.2) is 33.9 Å². The molecular formula is C21H18ClFN2O3. The highest BCUT2D eigenvalue weighted by atomic mass is 35.5. The van der Waals surface area contributed by atoms with Gasteiger partial charge >= 0.3 is 0 Å². The quantitative estimate of drug-likeness (QED) is 0.642. The lowest BCUT2D eigenvalue weighted by Gasteiger charge is -2.21. The van der Waals surface area contributed by atoms with Crippen molar-refractivity contribution in [1.82, 2.24) is 4.98 Å². The highest BCUT2D eigenvalue weighted by Gasteiger charge is 2.50. The van der Waals surface area contributed by atoms with Crippen molar-refractivity contribution < 1.29 is 19.1 Å². The Morgan fingerprint density at radius 2 is 2.07 bits per heavy atom. The average molecular weight is 401 g/mol. The van der Waals surface area contributed by atoms with Crippen molar-refractivity contribution in [3.05, 3.63) is 65.1 Å². The van der Waals surface area contributed by atoms with Gasteiger partial charge in [0.05, 0.1) is 0 Å². The van der Waals surface area contributed by atoms with Gasteiger partial charge in [-0.15, -0.1) is 0 Å². The van der Waals surface area contributed by atoms with Gasteiger partial charge < -0.3 is 15.0 Å². The molecule has 5 nitrogen and oxygen atoms in total. The van der Waals surface area contributed by atoms with Crippen LogP contribution < -0.4 is 4.90 Å². The molecule has 0 spiro atoms. The summed E-state index contributed by atoms with van der Waals surface area (Å²) in [7, 11) is 0. The van der Waals surface area contributed by atoms with E-state index in [-0.39, 0.29) is 30.8 Å². The number of fused-ring (bicyclic) bond motifs is 1. The van der Waals surface area contributed by atoms with Gasteiger partial charge in [-0.2, -0.15) is 0 Å². The van der Waals surface area contributed by atoms with Crippen molar-refractivity contribution in [3.8, 4) is 0 Å². The summed E-state index contributed by atoms with van der Waals surface area (Å²) in [5.74, 6) is -1.68. The number of aliphatic hydroxyl groups is 1. The largest absolute Gasteiger partial charge is 0.373 e. The molecule has 1 atom stereocenters. The first-order chi connectivity index (χ1) is 13.4. The highest BCUT2D eigenvalue weighted by Crippen LogP contribution is 2.32. The first-order valence-electron chi connectivity index (χ1n) is 8.96. The van der Waals surface area contributed by atoms with E-state index in [9.17, 15) is 19.1 Å². The Bertz CT molecular complexity index is 1060. The van der Waals surface area contributed by atoms with Crippen molar-refractivity contribution >= 4 is 39.9 Å². The lowest BCUT2D eigenvalue weighted by molar-refractivity contribution is -0.147. The molecule has 0 bridgehead atoms. The molecule has 0 unspecified atom stereocenters. The van der Waals surface area contributed by atoms with Crippen molar-refractivity contribution in [2.75, 3.05) is 11.4 Å². The summed E-state index contributed by atoms with van der Waals surface area (Å²) >= 11 is 5.83. The third-order valence-corrected chi connectivity index (χ3v) is 5.39. The fraction of sp³-hybridized carbons (Fsp3) is 0.238. The molecule has 7 heteroatoms. The zero-order valence-corrected chi connectivity index (χ0v) is 15.7. The highest BCUT2D eigenvalue weighted by molar-refractivity contribution is 6.30. The molecule has 2 aromatic carbocycles. The zero-order valence-electron chi connectivity index (χ0n) is 14.9. The second-order valence-electron chi connectivity index (χ2n) is 7.02. The maximum atomic E-state index is 13.4. The predicted octanol–water partition coefficient (Wildman–Crippen LogP) is 3.63. The molecule has 1 saturated heterocycles. The molecule has 4 rings (SSSR count). The number of anilines is 1. The first-order valence-corrected chi connectivity index (χ1v) is 9.34. The fourth-order valence-electron chi connectivity index (χ4n) is 3.63. The smallest absolute Gasteiger partial charge is 0.266 e. The van der Waals surface area contributed by atoms with Crippen LogP contribution in [0, 0.1) is 5.82 Å². The van der Waals surface area contributed by atoms with E-state index >= 15 is 0 Å². The second-order valence-corrected chi connectivity index (χ2v) is 7.45. The molecular weight excluding hydrogens is 383 g/mol. The Labute approximate surface area is 165 Å². The summed E-state index contributed by atoms with van der Waals surface area (Å²) in [6, 6.07) is 11.4. The monoisotopic (exact) mass is 400 g/mol. The van der Waals surface area contributed by atoms with Crippen molar-refractivity contribution in [2.45, 2.75) is 24.9 Å². The van der Waals surface area contributed by atoms with Crippen LogP contribution in [0.25, 0.3) is 10.9 Å². The number of carbonyl (C=O) groups excluding carboxylic acids is 2. The first kappa shape index (κ1) is 18.7. The average Bonchev–Trinajstić information content (AvgIpc) is 3.24. The topological polar surface area (TPSA) is 73.4 Å². The number of rotatable bonds is 5. The van der Waals surface area contributed by atoms with E-state index in [1.165, 1.54) is 17.0 Å². The maximum absolute atomic E-state index is 13.4. The van der Waals surface area contributed by atoms with Crippen LogP contribution >= 0.6 is 11.6 Å². The standard InChI is InChI=1S/C21H18ClFN2O3/c22-15-9-13(10-16(23)11-15)1-4-19(26)21(28)6-8-25(20(21)27)17-3-2-14-5-7-24-18(14)12-17/h2-3,5,7,9-12,24,28H,1,4,6,8H2/t21-/m0/s1. The van der Waals surface area contributed by atoms with Gasteiger partial charge in [-0.25, -0.2) is 4.39 Å². The number of Topliss-reactive ketones (excluding diaryl/α,β-unsaturated/α-hetero) is 1. The van der Waals surface area contributed by atoms with Crippen LogP contribution in [0.15, 0.2) is 48.7 Å². The van der Waals surface area contributed by atoms with Gasteiger partial charge in [-0.3, -0.25) is 9.59 Å². The summed E-state index contributed by atoms with van der Waals surface area (Å²) in [5, 5.41) is 12.0. The molecule has 1 amide bonds. The number of hydrogen-bond acceptors (Lipinski definition) is 3. The van der Waals surface area contributed by atoms with Gasteiger partial charge in [0.2, 0.25) is 5.60 Å². The molecule has 1 aliphatic rings. The van der Waals surface area contributed by atoms with Crippen LogP contribution in [0.2, 0.25) is 5.02 Å². The number of nitrogens with zero attached hydrogens (tertiary/aromatic N) is 1. The number of aromatic nitrogens is 1. The number of aryl methyl sites for hydroxylation is 1. The van der Waals surface area contributed by atoms with E-state index in [2.05, 4.69) is 4.98 Å². The number of halogens is 2. The van der Waals surface area contributed by atoms with Gasteiger partial charge in [0, 0.05) is 41.8 Å². The zero-order chi connectivity index (χ0) is 19.9. The molecule has 1 aromatic heterocycles. The molecule has 28 heavy (non-hydrogen) atoms. The van der Waals surface area contributed by atoms with Gasteiger partial charge in [0.15, 0.2) is 5.78 Å². The minimum absolute atomic E-state index is 0.0251. The summed E-state index contributed by atoms with van der Waals surface area (Å²) in [5.41, 5.74) is -0.0148. The molecule has 2 heterocycles. The van der Waals surface area contributed by atoms with E-state index in [0.717, 1.165) is 10.9 Å². The van der Waals surface area contributed by atoms with E-state index in [1.54, 1.807) is 18.3 Å². The lowest BCUT2D eigenvalue weighted by Crippen LogP contribution is -2.47. The van der Waals surface area contributed by atoms with Gasteiger partial charge in [-0.05, 0) is 53.8 Å². The summed E-state index contributed by atoms with van der Waals surface area (Å²) in [6.07, 6.45) is 1.95. The number of amides is 1. The maximum Gasteiger partial charge on any atom is 0.266 e. The summed E-state index contributed by atoms with van der Waals surface area (Å²) < 4.78 is 13.4. The molecule has 3 aromatic rings. The summed E-state index contributed by atoms with van der Waals surface area (Å²) in [4.78, 5) is 30.0. The molecule has 0 radical (unpaired) electrons. The number of ketones is 1. The molecule has 1 aliphatic heterocycles. The van der Waals surface area contributed by atoms with Crippen LogP contribution in [-0.2, 0) is 16.0 Å². The summed E-state index contributed by atoms with van der Waals surface area (Å²) in [6.45, 7) is 0.249. The molecule has 1 fully saturated rings. The third kappa shape index (κ3) is 3.30. The molecule has 2 N–H and O–H groups in total. The number of aromatic amines is 1. The third-order valence-electron chi connectivity index (χ3n) is 5.17. The van der Waals surface area contributed by atoms with Crippen LogP contribution in [0.4, 0.5) is 10.1 Å². The van der Waals surface area contributed by atoms with Crippen LogP contribution in [0.3, 0.4) is 0 Å². The van der Waals surface area contributed by atoms with Gasteiger partial charge in [0.25, 0.3) is 5.91 Å². The van der Waals surface area contributed by atoms with E-state index in [1.807, 2.05) is 18.2 Å². The Morgan fingerprint density at radius 3 is 2.86 bits per heavy atom. The molecule has 144 valence electrons. The van der Waals surface area contributed by atoms with E-state index in [0.29, 0.717) is 11.3 Å². The normalized spacial score (nSPS) is 19.5. The Morgan fingerprint density at radius 1 is 1.25 bits per heavy atom. The van der Waals surface area contributed by atoms with Crippen LogP contribution in [0.5, 0.6) is 0 Å². The van der Waals surface area contributed by atoms with Crippen molar-refractivity contribution in [2.24, 2.45) is 0 Å². The predicted molar refractivity (Wildman–Crippen MR) is 105 cm³/mol. The fourth-order valence-corrected chi connectivity index (χ4v) is 3.88. The number of hydrogen-bond donors (Lipinski definition) is 2. The van der Waals surface area contributed by atoms with Crippen LogP contribution in [0.1, 0.15) is 18.4 Å². The minimum atomic E-state index is -2.05. The SMILES string of the molecule is O=C(CCc1cc(F)cc(Cl)c1)[C@@]1(O)CCN(c2ccc3cc[nH]c3c2)C1=O. The second kappa shape index (κ2) is 7.04. The Hall–Kier alpha value is -2.70. The minimum Gasteiger partial charge on any atom is -0.373 e.